The number of amides is 3. The zero-order valence-electron chi connectivity index (χ0n) is 14.7. The van der Waals surface area contributed by atoms with Crippen LogP contribution in [-0.4, -0.2) is 74.2 Å². The molecular formula is C17H26N4O4. The first-order valence-electron chi connectivity index (χ1n) is 8.33. The minimum atomic E-state index is -0.814. The van der Waals surface area contributed by atoms with Crippen LogP contribution < -0.4 is 20.5 Å². The van der Waals surface area contributed by atoms with E-state index in [1.54, 1.807) is 14.0 Å². The number of piperazine rings is 1. The van der Waals surface area contributed by atoms with Crippen molar-refractivity contribution in [1.82, 2.24) is 15.1 Å². The third-order valence-electron chi connectivity index (χ3n) is 4.32. The predicted molar refractivity (Wildman–Crippen MR) is 93.7 cm³/mol. The summed E-state index contributed by atoms with van der Waals surface area (Å²) in [7, 11) is 1.63. The van der Waals surface area contributed by atoms with Crippen molar-refractivity contribution in [1.29, 1.82) is 0 Å². The fourth-order valence-corrected chi connectivity index (χ4v) is 2.73. The number of methoxy groups -OCH3 is 1. The van der Waals surface area contributed by atoms with Crippen LogP contribution in [0, 0.1) is 0 Å². The SMILES string of the molecule is COc1ccc(OCCN2CCN([C@@H](C)C(=O)NC(N)=O)CC2)cc1. The normalized spacial score (nSPS) is 16.9. The van der Waals surface area contributed by atoms with Gasteiger partial charge < -0.3 is 15.2 Å². The van der Waals surface area contributed by atoms with Crippen LogP contribution in [0.15, 0.2) is 24.3 Å². The molecular weight excluding hydrogens is 324 g/mol. The Morgan fingerprint density at radius 1 is 1.16 bits per heavy atom. The van der Waals surface area contributed by atoms with E-state index in [0.29, 0.717) is 6.61 Å². The van der Waals surface area contributed by atoms with E-state index in [0.717, 1.165) is 44.2 Å². The molecule has 25 heavy (non-hydrogen) atoms. The van der Waals surface area contributed by atoms with Gasteiger partial charge in [-0.05, 0) is 31.2 Å². The third-order valence-corrected chi connectivity index (χ3v) is 4.32. The lowest BCUT2D eigenvalue weighted by Gasteiger charge is -2.37. The number of benzene rings is 1. The average Bonchev–Trinajstić information content (AvgIpc) is 2.61. The highest BCUT2D eigenvalue weighted by Gasteiger charge is 2.25. The molecule has 2 rings (SSSR count). The van der Waals surface area contributed by atoms with Crippen LogP contribution in [0.4, 0.5) is 4.79 Å². The van der Waals surface area contributed by atoms with Crippen LogP contribution in [-0.2, 0) is 4.79 Å². The number of urea groups is 1. The van der Waals surface area contributed by atoms with E-state index in [1.807, 2.05) is 29.2 Å². The number of carbonyl (C=O) groups is 2. The molecule has 0 radical (unpaired) electrons. The van der Waals surface area contributed by atoms with E-state index in [9.17, 15) is 9.59 Å². The lowest BCUT2D eigenvalue weighted by atomic mass is 10.2. The first-order chi connectivity index (χ1) is 12.0. The van der Waals surface area contributed by atoms with Gasteiger partial charge in [-0.25, -0.2) is 4.79 Å². The molecule has 0 aliphatic carbocycles. The molecule has 0 saturated carbocycles. The van der Waals surface area contributed by atoms with Gasteiger partial charge in [0.1, 0.15) is 18.1 Å². The van der Waals surface area contributed by atoms with Crippen LogP contribution in [0.3, 0.4) is 0 Å². The number of hydrogen-bond donors (Lipinski definition) is 2. The Morgan fingerprint density at radius 3 is 2.32 bits per heavy atom. The summed E-state index contributed by atoms with van der Waals surface area (Å²) in [6.45, 7) is 6.42. The van der Waals surface area contributed by atoms with Crippen LogP contribution in [0.25, 0.3) is 0 Å². The number of nitrogens with two attached hydrogens (primary N) is 1. The summed E-state index contributed by atoms with van der Waals surface area (Å²) < 4.78 is 10.9. The molecule has 1 saturated heterocycles. The van der Waals surface area contributed by atoms with Crippen molar-refractivity contribution in [2.75, 3.05) is 46.4 Å². The van der Waals surface area contributed by atoms with Gasteiger partial charge in [0.2, 0.25) is 5.91 Å². The van der Waals surface area contributed by atoms with Crippen molar-refractivity contribution in [3.05, 3.63) is 24.3 Å². The Labute approximate surface area is 147 Å². The van der Waals surface area contributed by atoms with Gasteiger partial charge in [0, 0.05) is 32.7 Å². The van der Waals surface area contributed by atoms with Crippen molar-refractivity contribution in [3.63, 3.8) is 0 Å². The Hall–Kier alpha value is -2.32. The fourth-order valence-electron chi connectivity index (χ4n) is 2.73. The lowest BCUT2D eigenvalue weighted by Crippen LogP contribution is -2.55. The summed E-state index contributed by atoms with van der Waals surface area (Å²) in [5.41, 5.74) is 4.98. The van der Waals surface area contributed by atoms with Crippen molar-refractivity contribution in [3.8, 4) is 11.5 Å². The highest BCUT2D eigenvalue weighted by Crippen LogP contribution is 2.17. The number of carbonyl (C=O) groups excluding carboxylic acids is 2. The number of primary amides is 1. The van der Waals surface area contributed by atoms with Crippen molar-refractivity contribution >= 4 is 11.9 Å². The van der Waals surface area contributed by atoms with Crippen LogP contribution in [0.5, 0.6) is 11.5 Å². The van der Waals surface area contributed by atoms with Crippen molar-refractivity contribution < 1.29 is 19.1 Å². The Morgan fingerprint density at radius 2 is 1.76 bits per heavy atom. The van der Waals surface area contributed by atoms with E-state index in [1.165, 1.54) is 0 Å². The van der Waals surface area contributed by atoms with E-state index in [-0.39, 0.29) is 11.9 Å². The molecule has 1 aromatic rings. The topological polar surface area (TPSA) is 97.1 Å². The predicted octanol–water partition coefficient (Wildman–Crippen LogP) is 0.275. The number of imide groups is 1. The minimum Gasteiger partial charge on any atom is -0.497 e. The van der Waals surface area contributed by atoms with Crippen LogP contribution in [0.1, 0.15) is 6.92 Å². The first-order valence-corrected chi connectivity index (χ1v) is 8.33. The second-order valence-corrected chi connectivity index (χ2v) is 5.93. The monoisotopic (exact) mass is 350 g/mol. The summed E-state index contributed by atoms with van der Waals surface area (Å²) in [4.78, 5) is 26.9. The van der Waals surface area contributed by atoms with E-state index >= 15 is 0 Å². The summed E-state index contributed by atoms with van der Waals surface area (Å²) in [5, 5.41) is 2.13. The second kappa shape index (κ2) is 9.24. The maximum absolute atomic E-state index is 11.8. The van der Waals surface area contributed by atoms with Gasteiger partial charge in [0.05, 0.1) is 13.2 Å². The van der Waals surface area contributed by atoms with Crippen LogP contribution in [0.2, 0.25) is 0 Å². The standard InChI is InChI=1S/C17H26N4O4/c1-13(16(22)19-17(18)23)21-9-7-20(8-10-21)11-12-25-15-5-3-14(24-2)4-6-15/h3-6,13H,7-12H2,1-2H3,(H3,18,19,22,23)/t13-/m0/s1. The molecule has 138 valence electrons. The molecule has 0 bridgehead atoms. The third kappa shape index (κ3) is 5.91. The van der Waals surface area contributed by atoms with E-state index in [2.05, 4.69) is 10.2 Å². The first kappa shape index (κ1) is 19.0. The van der Waals surface area contributed by atoms with E-state index in [4.69, 9.17) is 15.2 Å². The minimum absolute atomic E-state index is 0.358. The summed E-state index contributed by atoms with van der Waals surface area (Å²) in [5.74, 6) is 1.26. The summed E-state index contributed by atoms with van der Waals surface area (Å²) in [6, 6.07) is 6.32. The van der Waals surface area contributed by atoms with Crippen molar-refractivity contribution in [2.24, 2.45) is 5.73 Å². The molecule has 1 aromatic carbocycles. The molecule has 3 N–H and O–H groups in total. The van der Waals surface area contributed by atoms with Gasteiger partial charge in [0.15, 0.2) is 0 Å². The smallest absolute Gasteiger partial charge is 0.318 e. The average molecular weight is 350 g/mol. The van der Waals surface area contributed by atoms with Gasteiger partial charge in [-0.1, -0.05) is 0 Å². The molecule has 3 amide bonds. The highest BCUT2D eigenvalue weighted by molar-refractivity contribution is 5.96. The molecule has 0 aromatic heterocycles. The molecule has 0 unspecified atom stereocenters. The Kier molecular flexibility index (Phi) is 7.03. The zero-order chi connectivity index (χ0) is 18.2. The Balaban J connectivity index is 1.67. The second-order valence-electron chi connectivity index (χ2n) is 5.93. The number of ether oxygens (including phenoxy) is 2. The van der Waals surface area contributed by atoms with Gasteiger partial charge in [-0.2, -0.15) is 0 Å². The van der Waals surface area contributed by atoms with Gasteiger partial charge in [-0.3, -0.25) is 19.9 Å². The number of nitrogens with one attached hydrogen (secondary N) is 1. The lowest BCUT2D eigenvalue weighted by molar-refractivity contribution is -0.125. The maximum atomic E-state index is 11.8. The molecule has 8 nitrogen and oxygen atoms in total. The van der Waals surface area contributed by atoms with Gasteiger partial charge in [0.25, 0.3) is 0 Å². The van der Waals surface area contributed by atoms with E-state index < -0.39 is 6.03 Å². The molecule has 1 fully saturated rings. The Bertz CT molecular complexity index is 571. The molecule has 1 aliphatic heterocycles. The molecule has 0 spiro atoms. The maximum Gasteiger partial charge on any atom is 0.318 e. The zero-order valence-corrected chi connectivity index (χ0v) is 14.7. The molecule has 1 heterocycles. The summed E-state index contributed by atoms with van der Waals surface area (Å²) in [6.07, 6.45) is 0. The molecule has 1 aliphatic rings. The molecule has 8 heteroatoms. The molecule has 1 atom stereocenters. The highest BCUT2D eigenvalue weighted by atomic mass is 16.5. The largest absolute Gasteiger partial charge is 0.497 e. The van der Waals surface area contributed by atoms with Gasteiger partial charge >= 0.3 is 6.03 Å². The summed E-state index contributed by atoms with van der Waals surface area (Å²) >= 11 is 0. The van der Waals surface area contributed by atoms with Gasteiger partial charge in [-0.15, -0.1) is 0 Å². The quantitative estimate of drug-likeness (QED) is 0.733. The van der Waals surface area contributed by atoms with Crippen molar-refractivity contribution in [2.45, 2.75) is 13.0 Å². The number of rotatable bonds is 7. The number of nitrogens with zero attached hydrogens (tertiary/aromatic N) is 2. The van der Waals surface area contributed by atoms with Crippen LogP contribution >= 0.6 is 0 Å². The fraction of sp³-hybridized carbons (Fsp3) is 0.529. The number of hydrogen-bond acceptors (Lipinski definition) is 6.